The van der Waals surface area contributed by atoms with Crippen molar-refractivity contribution in [3.63, 3.8) is 0 Å². The van der Waals surface area contributed by atoms with E-state index in [1.54, 1.807) is 0 Å². The van der Waals surface area contributed by atoms with Crippen LogP contribution in [0.3, 0.4) is 0 Å². The number of rotatable bonds is 27. The lowest BCUT2D eigenvalue weighted by Gasteiger charge is -2.42. The molecule has 32 nitrogen and oxygen atoms in total. The van der Waals surface area contributed by atoms with Crippen LogP contribution >= 0.6 is 0 Å². The number of carbonyl (C=O) groups excluding carboxylic acids is 12. The number of nitrogens with two attached hydrogens (primary N) is 1. The van der Waals surface area contributed by atoms with E-state index in [0.29, 0.717) is 22.0 Å². The van der Waals surface area contributed by atoms with Gasteiger partial charge in [0, 0.05) is 57.1 Å². The van der Waals surface area contributed by atoms with Gasteiger partial charge >= 0.3 is 0 Å². The Hall–Kier alpha value is -8.04. The Morgan fingerprint density at radius 2 is 1.41 bits per heavy atom. The van der Waals surface area contributed by atoms with Crippen LogP contribution in [0.25, 0.3) is 0 Å². The van der Waals surface area contributed by atoms with Gasteiger partial charge < -0.3 is 74.0 Å². The largest absolute Gasteiger partial charge is 0.504 e. The molecule has 5 aliphatic rings. The number of quaternary nitrogens is 1. The molecule has 81 heavy (non-hydrogen) atoms. The zero-order valence-corrected chi connectivity index (χ0v) is 44.4. The van der Waals surface area contributed by atoms with Gasteiger partial charge in [0.15, 0.2) is 17.6 Å². The molecule has 18 N–H and O–H groups in total. The molecule has 0 aromatic rings. The Bertz CT molecular complexity index is 2490. The summed E-state index contributed by atoms with van der Waals surface area (Å²) in [6, 6.07) is -10.7. The number of imide groups is 1. The van der Waals surface area contributed by atoms with Crippen LogP contribution in [0.2, 0.25) is 0 Å². The fourth-order valence-electron chi connectivity index (χ4n) is 9.65. The third kappa shape index (κ3) is 17.7. The van der Waals surface area contributed by atoms with Gasteiger partial charge in [0.1, 0.15) is 48.0 Å². The van der Waals surface area contributed by atoms with Crippen molar-refractivity contribution < 1.29 is 93.3 Å². The first-order valence-corrected chi connectivity index (χ1v) is 26.6. The molecule has 4 heterocycles. The second-order valence-corrected chi connectivity index (χ2v) is 19.7. The monoisotopic (exact) mass is 1150 g/mol. The van der Waals surface area contributed by atoms with E-state index in [1.165, 1.54) is 18.2 Å². The van der Waals surface area contributed by atoms with Crippen molar-refractivity contribution in [3.8, 4) is 0 Å². The Balaban J connectivity index is 1.28. The van der Waals surface area contributed by atoms with E-state index in [0.717, 1.165) is 4.90 Å². The number of nitrogens with one attached hydrogen (secondary N) is 10. The third-order valence-electron chi connectivity index (χ3n) is 13.9. The Labute approximate surface area is 463 Å². The fourth-order valence-corrected chi connectivity index (χ4v) is 9.65. The minimum absolute atomic E-state index is 0.0383. The predicted octanol–water partition coefficient (Wildman–Crippen LogP) is -7.55. The van der Waals surface area contributed by atoms with Crippen LogP contribution in [0.15, 0.2) is 46.8 Å². The molecule has 4 aliphatic heterocycles. The van der Waals surface area contributed by atoms with E-state index < -0.39 is 139 Å². The lowest BCUT2D eigenvalue weighted by Crippen LogP contribution is -3.21. The summed E-state index contributed by atoms with van der Waals surface area (Å²) < 4.78 is 0. The molecule has 3 fully saturated rings. The summed E-state index contributed by atoms with van der Waals surface area (Å²) >= 11 is 0. The number of aliphatic hydroxyl groups excluding tert-OH is 4. The van der Waals surface area contributed by atoms with Gasteiger partial charge in [-0.25, -0.2) is 15.0 Å². The number of amides is 12. The lowest BCUT2D eigenvalue weighted by atomic mass is 9.90. The minimum atomic E-state index is -1.67. The summed E-state index contributed by atoms with van der Waals surface area (Å²) in [5.74, 6) is -8.87. The van der Waals surface area contributed by atoms with Crippen molar-refractivity contribution in [3.05, 3.63) is 46.8 Å². The number of aliphatic hydroxyl groups is 4. The van der Waals surface area contributed by atoms with Crippen molar-refractivity contribution in [1.82, 2.24) is 62.9 Å². The van der Waals surface area contributed by atoms with Gasteiger partial charge in [0.2, 0.25) is 71.8 Å². The number of likely N-dealkylation sites (tertiary alicyclic amines) is 1. The van der Waals surface area contributed by atoms with E-state index in [-0.39, 0.29) is 139 Å². The average Bonchev–Trinajstić information content (AvgIpc) is 3.89. The second-order valence-electron chi connectivity index (χ2n) is 19.7. The Morgan fingerprint density at radius 1 is 0.741 bits per heavy atom. The predicted molar refractivity (Wildman–Crippen MR) is 275 cm³/mol. The number of unbranched alkanes of at least 4 members (excludes halogenated alkanes) is 1. The quantitative estimate of drug-likeness (QED) is 0.0119. The maximum absolute atomic E-state index is 14.2. The molecule has 0 saturated carbocycles. The van der Waals surface area contributed by atoms with Gasteiger partial charge in [-0.3, -0.25) is 72.8 Å². The number of hydrogen-bond acceptors (Lipinski definition) is 20. The number of carbonyl (C=O) groups is 12. The van der Waals surface area contributed by atoms with Crippen molar-refractivity contribution in [1.29, 1.82) is 0 Å². The molecule has 5 rings (SSSR count). The van der Waals surface area contributed by atoms with E-state index in [1.807, 2.05) is 0 Å². The normalized spacial score (nSPS) is 23.3. The number of allylic oxidation sites excluding steroid dienone is 1. The first-order valence-electron chi connectivity index (χ1n) is 26.6. The van der Waals surface area contributed by atoms with Crippen molar-refractivity contribution in [2.45, 2.75) is 132 Å². The van der Waals surface area contributed by atoms with Crippen LogP contribution < -0.4 is 58.5 Å². The van der Waals surface area contributed by atoms with E-state index in [4.69, 9.17) is 5.73 Å². The van der Waals surface area contributed by atoms with Crippen molar-refractivity contribution in [2.75, 3.05) is 52.5 Å². The summed E-state index contributed by atoms with van der Waals surface area (Å²) in [4.78, 5) is 159. The van der Waals surface area contributed by atoms with Crippen LogP contribution in [0.1, 0.15) is 83.5 Å². The van der Waals surface area contributed by atoms with E-state index in [2.05, 4.69) is 47.9 Å². The summed E-state index contributed by atoms with van der Waals surface area (Å²) in [6.07, 6.45) is 4.68. The maximum Gasteiger partial charge on any atom is 0.279 e. The van der Waals surface area contributed by atoms with Gasteiger partial charge in [-0.2, -0.15) is 0 Å². The number of hydrogen-bond donors (Lipinski definition) is 17. The SMILES string of the molecule is NCCCCC(NC(=O)C(CO)NC(=O)C1CCNC2=C(N3C(=O)CCC3=O)C=C3C=C(O)C(O)=CC3[NH+]21)C(=O)NCC(=O)NC(CCCN(O)C=O)C(=O)NC1CCCCNC(=O)C(CO)NC(=O)C(CCCN(O)C=O)NC1=O. The van der Waals surface area contributed by atoms with Gasteiger partial charge in [0.05, 0.1) is 19.8 Å². The fraction of sp³-hybridized carbons (Fsp3) is 0.592. The first kappa shape index (κ1) is 63.8. The molecule has 32 heteroatoms. The van der Waals surface area contributed by atoms with Crippen LogP contribution in [0.4, 0.5) is 0 Å². The maximum atomic E-state index is 14.2. The molecule has 0 bridgehead atoms. The molecule has 12 amide bonds. The first-order chi connectivity index (χ1) is 38.7. The van der Waals surface area contributed by atoms with E-state index in [9.17, 15) is 88.4 Å². The number of fused-ring (bicyclic) bond motifs is 3. The van der Waals surface area contributed by atoms with Gasteiger partial charge in [-0.05, 0) is 82.9 Å². The molecular weight excluding hydrogens is 1070 g/mol. The van der Waals surface area contributed by atoms with Crippen LogP contribution in [0, 0.1) is 0 Å². The smallest absolute Gasteiger partial charge is 0.279 e. The van der Waals surface area contributed by atoms with Crippen LogP contribution in [0.5, 0.6) is 0 Å². The Kier molecular flexibility index (Phi) is 24.5. The number of hydroxylamine groups is 4. The topological polar surface area (TPSA) is 475 Å². The standard InChI is InChI=1S/C49H72N14O18/c50-14-3-1-7-28(55-48(78)33(24-65)59-49(79)34-13-16-51-42-36(63-40(71)11-12-41(63)72)19-27-20-37(68)38(69)21-35(27)62(34)42)43(73)53-22-39(70)54-29(9-5-17-60(80)25-66)45(75)56-30-8-2-4-15-52-44(74)32(23-64)58-47(77)31(57-46(30)76)10-6-18-61(81)26-67/h19-21,25-26,28-35,51,64-65,68-69,80-81H,1-18,22-24,50H2,(H,52,74)(H,53,73)(H,54,70)(H,55,78)(H,56,75)(H,57,76)(H,58,77)(H,59,79)/p+1. The molecule has 1 aliphatic carbocycles. The number of nitrogens with zero attached hydrogens (tertiary/aromatic N) is 3. The van der Waals surface area contributed by atoms with Crippen LogP contribution in [-0.2, 0) is 57.5 Å². The highest BCUT2D eigenvalue weighted by molar-refractivity contribution is 6.04. The zero-order chi connectivity index (χ0) is 59.3. The molecule has 0 radical (unpaired) electrons. The highest BCUT2D eigenvalue weighted by Gasteiger charge is 2.49. The lowest BCUT2D eigenvalue weighted by molar-refractivity contribution is -0.900. The average molecular weight is 1150 g/mol. The molecule has 9 atom stereocenters. The zero-order valence-electron chi connectivity index (χ0n) is 44.4. The summed E-state index contributed by atoms with van der Waals surface area (Å²) in [7, 11) is 0. The molecule has 0 spiro atoms. The minimum Gasteiger partial charge on any atom is -0.504 e. The van der Waals surface area contributed by atoms with Crippen molar-refractivity contribution >= 4 is 71.9 Å². The Morgan fingerprint density at radius 3 is 2.07 bits per heavy atom. The van der Waals surface area contributed by atoms with Gasteiger partial charge in [-0.1, -0.05) is 0 Å². The molecular formula is C49H73N14O18+. The summed E-state index contributed by atoms with van der Waals surface area (Å²) in [5.41, 5.74) is 6.16. The molecule has 3 saturated heterocycles. The van der Waals surface area contributed by atoms with Crippen LogP contribution in [-0.4, -0.2) is 219 Å². The van der Waals surface area contributed by atoms with Gasteiger partial charge in [-0.15, -0.1) is 0 Å². The van der Waals surface area contributed by atoms with Gasteiger partial charge in [0.25, 0.3) is 5.91 Å². The van der Waals surface area contributed by atoms with Crippen molar-refractivity contribution in [2.24, 2.45) is 5.73 Å². The molecule has 446 valence electrons. The highest BCUT2D eigenvalue weighted by Crippen LogP contribution is 2.29. The molecule has 9 unspecified atom stereocenters. The van der Waals surface area contributed by atoms with E-state index >= 15 is 0 Å². The molecule has 0 aromatic heterocycles. The highest BCUT2D eigenvalue weighted by atomic mass is 16.5. The third-order valence-corrected chi connectivity index (χ3v) is 13.9. The summed E-state index contributed by atoms with van der Waals surface area (Å²) in [6.45, 7) is -2.73. The molecule has 0 aromatic carbocycles. The second kappa shape index (κ2) is 31.1. The summed E-state index contributed by atoms with van der Waals surface area (Å²) in [5, 5.41) is 84.1.